The number of benzene rings is 1. The van der Waals surface area contributed by atoms with Gasteiger partial charge in [0.1, 0.15) is 6.29 Å². The Hall–Kier alpha value is -1.71. The van der Waals surface area contributed by atoms with Crippen LogP contribution in [0.25, 0.3) is 10.9 Å². The fraction of sp³-hybridized carbons (Fsp3) is 0.400. The largest absolute Gasteiger partial charge is 0.350 e. The Bertz CT molecular complexity index is 645. The van der Waals surface area contributed by atoms with Gasteiger partial charge in [-0.15, -0.1) is 0 Å². The summed E-state index contributed by atoms with van der Waals surface area (Å²) >= 11 is 0. The molecule has 2 nitrogen and oxygen atoms in total. The zero-order valence-corrected chi connectivity index (χ0v) is 10.7. The van der Waals surface area contributed by atoms with E-state index >= 15 is 0 Å². The maximum Gasteiger partial charge on any atom is 0.248 e. The summed E-state index contributed by atoms with van der Waals surface area (Å²) in [6.07, 6.45) is 3.16. The molecule has 1 aromatic carbocycles. The van der Waals surface area contributed by atoms with Crippen LogP contribution in [-0.4, -0.2) is 16.8 Å². The highest BCUT2D eigenvalue weighted by Crippen LogP contribution is 2.46. The Morgan fingerprint density at radius 3 is 2.84 bits per heavy atom. The van der Waals surface area contributed by atoms with Crippen LogP contribution in [0.2, 0.25) is 0 Å². The number of hydrogen-bond donors (Lipinski definition) is 0. The summed E-state index contributed by atoms with van der Waals surface area (Å²) in [5.74, 6) is -2.61. The molecule has 0 aliphatic heterocycles. The molecule has 0 saturated heterocycles. The van der Waals surface area contributed by atoms with Gasteiger partial charge in [0, 0.05) is 42.6 Å². The molecule has 19 heavy (non-hydrogen) atoms. The fourth-order valence-electron chi connectivity index (χ4n) is 3.05. The number of nitrogens with zero attached hydrogens (tertiary/aromatic N) is 1. The van der Waals surface area contributed by atoms with E-state index in [4.69, 9.17) is 0 Å². The first-order valence-corrected chi connectivity index (χ1v) is 6.42. The predicted octanol–water partition coefficient (Wildman–Crippen LogP) is 3.89. The second-order valence-corrected chi connectivity index (χ2v) is 5.39. The van der Waals surface area contributed by atoms with E-state index in [9.17, 15) is 13.6 Å². The van der Waals surface area contributed by atoms with Gasteiger partial charge in [-0.25, -0.2) is 8.78 Å². The Labute approximate surface area is 110 Å². The van der Waals surface area contributed by atoms with Crippen LogP contribution in [-0.2, 0) is 7.05 Å². The minimum absolute atomic E-state index is 0.0273. The van der Waals surface area contributed by atoms with Crippen molar-refractivity contribution in [3.63, 3.8) is 0 Å². The summed E-state index contributed by atoms with van der Waals surface area (Å²) in [6.45, 7) is 0. The van der Waals surface area contributed by atoms with E-state index in [0.29, 0.717) is 12.0 Å². The van der Waals surface area contributed by atoms with Gasteiger partial charge < -0.3 is 4.57 Å². The van der Waals surface area contributed by atoms with Gasteiger partial charge in [0.25, 0.3) is 0 Å². The van der Waals surface area contributed by atoms with E-state index in [1.165, 1.54) is 0 Å². The van der Waals surface area contributed by atoms with Gasteiger partial charge in [-0.1, -0.05) is 12.1 Å². The van der Waals surface area contributed by atoms with E-state index in [1.54, 1.807) is 12.1 Å². The molecule has 0 radical (unpaired) electrons. The van der Waals surface area contributed by atoms with Crippen molar-refractivity contribution in [2.24, 2.45) is 7.05 Å². The highest BCUT2D eigenvalue weighted by molar-refractivity contribution is 5.90. The third-order valence-electron chi connectivity index (χ3n) is 4.03. The van der Waals surface area contributed by atoms with E-state index in [2.05, 4.69) is 0 Å². The molecule has 1 atom stereocenters. The van der Waals surface area contributed by atoms with E-state index in [-0.39, 0.29) is 18.8 Å². The number of aromatic nitrogens is 1. The standard InChI is InChI=1S/C15H15F2NO/c1-18-8-13(11-4-5-15(16,17)7-11)12-3-2-10(9-19)6-14(12)18/h2-3,6,8-9,11H,4-5,7H2,1H3. The van der Waals surface area contributed by atoms with Crippen LogP contribution in [0.3, 0.4) is 0 Å². The van der Waals surface area contributed by atoms with Crippen LogP contribution in [0.1, 0.15) is 41.1 Å². The molecule has 100 valence electrons. The predicted molar refractivity (Wildman–Crippen MR) is 69.8 cm³/mol. The van der Waals surface area contributed by atoms with Crippen LogP contribution in [0.5, 0.6) is 0 Å². The molecule has 1 aliphatic carbocycles. The van der Waals surface area contributed by atoms with Crippen LogP contribution >= 0.6 is 0 Å². The lowest BCUT2D eigenvalue weighted by molar-refractivity contribution is 0.00780. The molecule has 1 heterocycles. The quantitative estimate of drug-likeness (QED) is 0.753. The number of aldehydes is 1. The van der Waals surface area contributed by atoms with E-state index in [0.717, 1.165) is 22.8 Å². The molecule has 1 aromatic heterocycles. The smallest absolute Gasteiger partial charge is 0.248 e. The first-order chi connectivity index (χ1) is 9.00. The number of carbonyl (C=O) groups is 1. The summed E-state index contributed by atoms with van der Waals surface area (Å²) in [4.78, 5) is 10.8. The Morgan fingerprint density at radius 2 is 2.21 bits per heavy atom. The fourth-order valence-corrected chi connectivity index (χ4v) is 3.05. The second-order valence-electron chi connectivity index (χ2n) is 5.39. The molecule has 1 fully saturated rings. The van der Waals surface area contributed by atoms with Crippen molar-refractivity contribution in [1.29, 1.82) is 0 Å². The van der Waals surface area contributed by atoms with Crippen molar-refractivity contribution in [2.75, 3.05) is 0 Å². The number of aryl methyl sites for hydroxylation is 1. The van der Waals surface area contributed by atoms with Crippen LogP contribution in [0, 0.1) is 0 Å². The first kappa shape index (κ1) is 12.3. The lowest BCUT2D eigenvalue weighted by Gasteiger charge is -2.09. The molecule has 2 aromatic rings. The third kappa shape index (κ3) is 2.05. The Kier molecular flexibility index (Phi) is 2.69. The van der Waals surface area contributed by atoms with Crippen LogP contribution < -0.4 is 0 Å². The van der Waals surface area contributed by atoms with Gasteiger partial charge in [-0.3, -0.25) is 4.79 Å². The minimum atomic E-state index is -2.53. The lowest BCUT2D eigenvalue weighted by Crippen LogP contribution is -2.08. The second kappa shape index (κ2) is 4.15. The number of alkyl halides is 2. The van der Waals surface area contributed by atoms with Crippen molar-refractivity contribution in [1.82, 2.24) is 4.57 Å². The van der Waals surface area contributed by atoms with Crippen molar-refractivity contribution in [3.05, 3.63) is 35.5 Å². The van der Waals surface area contributed by atoms with Crippen molar-refractivity contribution >= 4 is 17.2 Å². The first-order valence-electron chi connectivity index (χ1n) is 6.42. The Balaban J connectivity index is 2.08. The van der Waals surface area contributed by atoms with Gasteiger partial charge in [-0.2, -0.15) is 0 Å². The van der Waals surface area contributed by atoms with Crippen molar-refractivity contribution in [2.45, 2.75) is 31.1 Å². The van der Waals surface area contributed by atoms with Gasteiger partial charge >= 0.3 is 0 Å². The zero-order chi connectivity index (χ0) is 13.6. The molecular weight excluding hydrogens is 248 g/mol. The maximum atomic E-state index is 13.4. The number of carbonyl (C=O) groups excluding carboxylic acids is 1. The third-order valence-corrected chi connectivity index (χ3v) is 4.03. The molecule has 0 N–H and O–H groups in total. The molecule has 4 heteroatoms. The minimum Gasteiger partial charge on any atom is -0.350 e. The summed E-state index contributed by atoms with van der Waals surface area (Å²) in [5, 5.41) is 0.982. The molecular formula is C15H15F2NO. The van der Waals surface area contributed by atoms with Gasteiger partial charge in [0.15, 0.2) is 0 Å². The summed E-state index contributed by atoms with van der Waals surface area (Å²) < 4.78 is 28.6. The topological polar surface area (TPSA) is 22.0 Å². The van der Waals surface area contributed by atoms with Crippen LogP contribution in [0.15, 0.2) is 24.4 Å². The lowest BCUT2D eigenvalue weighted by atomic mass is 9.96. The average Bonchev–Trinajstić information content (AvgIpc) is 2.90. The van der Waals surface area contributed by atoms with Crippen LogP contribution in [0.4, 0.5) is 8.78 Å². The monoisotopic (exact) mass is 263 g/mol. The number of halogens is 2. The maximum absolute atomic E-state index is 13.4. The zero-order valence-electron chi connectivity index (χ0n) is 10.7. The summed E-state index contributed by atoms with van der Waals surface area (Å²) in [7, 11) is 1.88. The molecule has 1 saturated carbocycles. The number of hydrogen-bond acceptors (Lipinski definition) is 1. The molecule has 0 amide bonds. The molecule has 0 spiro atoms. The summed E-state index contributed by atoms with van der Waals surface area (Å²) in [6, 6.07) is 5.41. The molecule has 1 aliphatic rings. The summed E-state index contributed by atoms with van der Waals surface area (Å²) in [5.41, 5.74) is 2.51. The van der Waals surface area contributed by atoms with E-state index < -0.39 is 5.92 Å². The van der Waals surface area contributed by atoms with Crippen molar-refractivity contribution < 1.29 is 13.6 Å². The molecule has 0 bridgehead atoms. The van der Waals surface area contributed by atoms with E-state index in [1.807, 2.05) is 23.9 Å². The number of rotatable bonds is 2. The molecule has 1 unspecified atom stereocenters. The highest BCUT2D eigenvalue weighted by atomic mass is 19.3. The normalized spacial score (nSPS) is 21.9. The van der Waals surface area contributed by atoms with Gasteiger partial charge in [0.05, 0.1) is 0 Å². The SMILES string of the molecule is Cn1cc(C2CCC(F)(F)C2)c2ccc(C=O)cc21. The van der Waals surface area contributed by atoms with Crippen molar-refractivity contribution in [3.8, 4) is 0 Å². The van der Waals surface area contributed by atoms with Gasteiger partial charge in [-0.05, 0) is 24.0 Å². The van der Waals surface area contributed by atoms with Gasteiger partial charge in [0.2, 0.25) is 5.92 Å². The number of fused-ring (bicyclic) bond motifs is 1. The average molecular weight is 263 g/mol. The Morgan fingerprint density at radius 1 is 1.42 bits per heavy atom. The molecule has 3 rings (SSSR count). The highest BCUT2D eigenvalue weighted by Gasteiger charge is 2.40.